The molecule has 0 aliphatic carbocycles. The molecule has 8 heteroatoms. The average molecular weight is 327 g/mol. The minimum absolute atomic E-state index is 0. The van der Waals surface area contributed by atoms with Gasteiger partial charge in [-0.15, -0.1) is 0 Å². The quantitative estimate of drug-likeness (QED) is 0.440. The maximum atomic E-state index is 11.4. The van der Waals surface area contributed by atoms with Gasteiger partial charge in [-0.05, 0) is 24.3 Å². The SMILES string of the molecule is O=C(O)S(=O)(=O)Oc1cccc2nc3ccccc3cc12.[NaH]. The summed E-state index contributed by atoms with van der Waals surface area (Å²) in [5.74, 6) is -0.0619. The van der Waals surface area contributed by atoms with Crippen molar-refractivity contribution in [2.75, 3.05) is 0 Å². The zero-order chi connectivity index (χ0) is 15.0. The molecular weight excluding hydrogens is 317 g/mol. The molecule has 3 aromatic rings. The first kappa shape index (κ1) is 16.7. The summed E-state index contributed by atoms with van der Waals surface area (Å²) in [6.07, 6.45) is 0. The Hall–Kier alpha value is -1.67. The average Bonchev–Trinajstić information content (AvgIpc) is 2.45. The summed E-state index contributed by atoms with van der Waals surface area (Å²) in [7, 11) is -4.71. The van der Waals surface area contributed by atoms with Crippen molar-refractivity contribution in [3.8, 4) is 5.75 Å². The van der Waals surface area contributed by atoms with E-state index < -0.39 is 15.4 Å². The molecule has 1 heterocycles. The first-order valence-electron chi connectivity index (χ1n) is 5.93. The topological polar surface area (TPSA) is 93.6 Å². The Labute approximate surface area is 148 Å². The van der Waals surface area contributed by atoms with Gasteiger partial charge < -0.3 is 9.29 Å². The van der Waals surface area contributed by atoms with Crippen LogP contribution in [0.5, 0.6) is 5.75 Å². The van der Waals surface area contributed by atoms with E-state index >= 15 is 0 Å². The van der Waals surface area contributed by atoms with E-state index in [1.807, 2.05) is 24.3 Å². The molecule has 0 saturated carbocycles. The van der Waals surface area contributed by atoms with Gasteiger partial charge in [-0.3, -0.25) is 0 Å². The fraction of sp³-hybridized carbons (Fsp3) is 0. The predicted octanol–water partition coefficient (Wildman–Crippen LogP) is 2.13. The monoisotopic (exact) mass is 327 g/mol. The van der Waals surface area contributed by atoms with E-state index in [1.54, 1.807) is 18.2 Å². The van der Waals surface area contributed by atoms with Gasteiger partial charge in [-0.25, -0.2) is 9.78 Å². The Bertz CT molecular complexity index is 971. The molecule has 0 fully saturated rings. The van der Waals surface area contributed by atoms with Crippen molar-refractivity contribution in [1.82, 2.24) is 4.98 Å². The van der Waals surface area contributed by atoms with Gasteiger partial charge in [0.15, 0.2) is 5.75 Å². The van der Waals surface area contributed by atoms with Gasteiger partial charge in [0.1, 0.15) is 0 Å². The van der Waals surface area contributed by atoms with Crippen LogP contribution in [0.3, 0.4) is 0 Å². The molecule has 0 spiro atoms. The molecule has 0 amide bonds. The van der Waals surface area contributed by atoms with Crippen molar-refractivity contribution < 1.29 is 22.5 Å². The molecule has 108 valence electrons. The minimum atomic E-state index is -4.71. The van der Waals surface area contributed by atoms with Gasteiger partial charge in [-0.2, -0.15) is 8.42 Å². The Balaban J connectivity index is 0.00000176. The third-order valence-electron chi connectivity index (χ3n) is 2.93. The van der Waals surface area contributed by atoms with E-state index in [0.717, 1.165) is 10.9 Å². The number of fused-ring (bicyclic) bond motifs is 2. The molecule has 1 N–H and O–H groups in total. The molecule has 3 rings (SSSR count). The summed E-state index contributed by atoms with van der Waals surface area (Å²) < 4.78 is 27.4. The van der Waals surface area contributed by atoms with Gasteiger partial charge in [0.2, 0.25) is 0 Å². The van der Waals surface area contributed by atoms with E-state index in [0.29, 0.717) is 10.9 Å². The van der Waals surface area contributed by atoms with Crippen LogP contribution in [-0.2, 0) is 10.1 Å². The molecule has 0 unspecified atom stereocenters. The number of aromatic nitrogens is 1. The Morgan fingerprint density at radius 3 is 2.45 bits per heavy atom. The van der Waals surface area contributed by atoms with Crippen LogP contribution in [0, 0.1) is 0 Å². The van der Waals surface area contributed by atoms with Gasteiger partial charge >= 0.3 is 45.0 Å². The number of pyridine rings is 1. The molecular formula is C14H10NNaO5S. The normalized spacial score (nSPS) is 11.1. The number of nitrogens with zero attached hydrogens (tertiary/aromatic N) is 1. The van der Waals surface area contributed by atoms with Gasteiger partial charge in [0, 0.05) is 10.8 Å². The molecule has 0 saturated heterocycles. The Morgan fingerprint density at radius 2 is 1.73 bits per heavy atom. The van der Waals surface area contributed by atoms with Crippen molar-refractivity contribution in [1.29, 1.82) is 0 Å². The molecule has 1 aromatic heterocycles. The number of carboxylic acid groups (broad SMARTS) is 1. The van der Waals surface area contributed by atoms with E-state index in [-0.39, 0.29) is 35.3 Å². The summed E-state index contributed by atoms with van der Waals surface area (Å²) in [4.78, 5) is 15.0. The van der Waals surface area contributed by atoms with Crippen LogP contribution in [0.2, 0.25) is 0 Å². The number of rotatable bonds is 2. The molecule has 6 nitrogen and oxygen atoms in total. The molecule has 22 heavy (non-hydrogen) atoms. The van der Waals surface area contributed by atoms with Crippen LogP contribution in [-0.4, -0.2) is 53.4 Å². The molecule has 0 aliphatic rings. The number of hydrogen-bond acceptors (Lipinski definition) is 5. The van der Waals surface area contributed by atoms with Gasteiger partial charge in [0.05, 0.1) is 11.0 Å². The fourth-order valence-corrected chi connectivity index (χ4v) is 2.45. The van der Waals surface area contributed by atoms with Gasteiger partial charge in [0.25, 0.3) is 0 Å². The summed E-state index contributed by atoms with van der Waals surface area (Å²) in [6.45, 7) is 0. The molecule has 0 atom stereocenters. The first-order valence-corrected chi connectivity index (χ1v) is 7.34. The Kier molecular flexibility index (Phi) is 4.72. The van der Waals surface area contributed by atoms with Crippen LogP contribution in [0.1, 0.15) is 0 Å². The van der Waals surface area contributed by atoms with Crippen LogP contribution < -0.4 is 4.18 Å². The van der Waals surface area contributed by atoms with Crippen molar-refractivity contribution in [3.05, 3.63) is 48.5 Å². The summed E-state index contributed by atoms with van der Waals surface area (Å²) in [5.41, 5.74) is 1.27. The van der Waals surface area contributed by atoms with Gasteiger partial charge in [-0.1, -0.05) is 24.3 Å². The number of carbonyl (C=O) groups is 1. The van der Waals surface area contributed by atoms with E-state index in [9.17, 15) is 13.2 Å². The van der Waals surface area contributed by atoms with Crippen LogP contribution in [0.25, 0.3) is 21.8 Å². The molecule has 0 bridgehead atoms. The van der Waals surface area contributed by atoms with E-state index in [2.05, 4.69) is 9.17 Å². The van der Waals surface area contributed by atoms with Crippen LogP contribution >= 0.6 is 0 Å². The standard InChI is InChI=1S/C14H9NO5S.Na.H/c16-14(17)21(18,19)20-13-7-3-6-12-10(13)8-9-4-1-2-5-11(9)15-12;;/h1-8H,(H,16,17);;. The van der Waals surface area contributed by atoms with E-state index in [1.165, 1.54) is 6.07 Å². The number of para-hydroxylation sites is 1. The summed E-state index contributed by atoms with van der Waals surface area (Å²) >= 11 is 0. The predicted molar refractivity (Wildman–Crippen MR) is 84.0 cm³/mol. The second kappa shape index (κ2) is 6.21. The first-order chi connectivity index (χ1) is 9.97. The third kappa shape index (κ3) is 3.07. The molecule has 0 radical (unpaired) electrons. The van der Waals surface area contributed by atoms with Crippen LogP contribution in [0.15, 0.2) is 48.5 Å². The molecule has 2 aromatic carbocycles. The second-order valence-corrected chi connectivity index (χ2v) is 5.73. The summed E-state index contributed by atoms with van der Waals surface area (Å²) in [5, 5.41) is 7.82. The Morgan fingerprint density at radius 1 is 1.05 bits per heavy atom. The second-order valence-electron chi connectivity index (χ2n) is 4.31. The number of hydrogen-bond donors (Lipinski definition) is 1. The van der Waals surface area contributed by atoms with Crippen molar-refractivity contribution in [2.24, 2.45) is 0 Å². The third-order valence-corrected chi connectivity index (χ3v) is 3.76. The summed E-state index contributed by atoms with van der Waals surface area (Å²) in [6, 6.07) is 13.7. The zero-order valence-electron chi connectivity index (χ0n) is 10.6. The zero-order valence-corrected chi connectivity index (χ0v) is 11.4. The van der Waals surface area contributed by atoms with Crippen molar-refractivity contribution in [2.45, 2.75) is 0 Å². The maximum absolute atomic E-state index is 11.4. The fourth-order valence-electron chi connectivity index (χ4n) is 2.00. The number of benzene rings is 2. The van der Waals surface area contributed by atoms with Crippen LogP contribution in [0.4, 0.5) is 4.79 Å². The van der Waals surface area contributed by atoms with E-state index in [4.69, 9.17) is 5.11 Å². The molecule has 0 aliphatic heterocycles. The van der Waals surface area contributed by atoms with Crippen molar-refractivity contribution in [3.63, 3.8) is 0 Å². The van der Waals surface area contributed by atoms with Crippen molar-refractivity contribution >= 4 is 66.8 Å².